The lowest BCUT2D eigenvalue weighted by Crippen LogP contribution is -2.02. The molecule has 10 heteroatoms. The predicted octanol–water partition coefficient (Wildman–Crippen LogP) is 3.54. The molecule has 0 aliphatic heterocycles. The fourth-order valence-corrected chi connectivity index (χ4v) is 2.85. The first-order chi connectivity index (χ1) is 13.5. The van der Waals surface area contributed by atoms with Crippen molar-refractivity contribution in [1.29, 1.82) is 0 Å². The fourth-order valence-electron chi connectivity index (χ4n) is 2.17. The van der Waals surface area contributed by atoms with Crippen LogP contribution in [0.5, 0.6) is 11.5 Å². The molecule has 3 aromatic rings. The van der Waals surface area contributed by atoms with E-state index in [1.165, 1.54) is 24.3 Å². The van der Waals surface area contributed by atoms with Crippen LogP contribution in [0.25, 0.3) is 0 Å². The Morgan fingerprint density at radius 2 is 1.93 bits per heavy atom. The maximum absolute atomic E-state index is 12.2. The molecule has 2 aromatic carbocycles. The van der Waals surface area contributed by atoms with Crippen molar-refractivity contribution in [3.8, 4) is 11.5 Å². The zero-order valence-corrected chi connectivity index (χ0v) is 15.5. The average Bonchev–Trinajstić information content (AvgIpc) is 3.18. The fraction of sp³-hybridized carbons (Fsp3) is 0.167. The normalized spacial score (nSPS) is 10.5. The SMILES string of the molecule is COc1cccc(OCc2nnc(SCC(=O)c3ccc([N+](=O)[O-])cc3)o2)c1. The standard InChI is InChI=1S/C18H15N3O6S/c1-25-14-3-2-4-15(9-14)26-10-17-19-20-18(27-17)28-11-16(22)12-5-7-13(8-6-12)21(23)24/h2-9H,10-11H2,1H3. The number of ketones is 1. The number of thioether (sulfide) groups is 1. The van der Waals surface area contributed by atoms with Crippen LogP contribution < -0.4 is 9.47 Å². The minimum Gasteiger partial charge on any atom is -0.497 e. The van der Waals surface area contributed by atoms with Gasteiger partial charge in [-0.15, -0.1) is 10.2 Å². The lowest BCUT2D eigenvalue weighted by atomic mass is 10.1. The molecule has 0 saturated carbocycles. The minimum absolute atomic E-state index is 0.0657. The van der Waals surface area contributed by atoms with Gasteiger partial charge in [-0.05, 0) is 24.3 Å². The molecule has 144 valence electrons. The maximum atomic E-state index is 12.2. The van der Waals surface area contributed by atoms with Crippen LogP contribution in [0.2, 0.25) is 0 Å². The molecule has 0 N–H and O–H groups in total. The molecule has 0 bridgehead atoms. The molecule has 0 atom stereocenters. The molecule has 0 amide bonds. The molecule has 0 radical (unpaired) electrons. The highest BCUT2D eigenvalue weighted by molar-refractivity contribution is 7.99. The molecule has 9 nitrogen and oxygen atoms in total. The van der Waals surface area contributed by atoms with Gasteiger partial charge in [-0.25, -0.2) is 0 Å². The van der Waals surface area contributed by atoms with Crippen molar-refractivity contribution in [2.75, 3.05) is 12.9 Å². The molecule has 0 unspecified atom stereocenters. The van der Waals surface area contributed by atoms with Crippen molar-refractivity contribution in [1.82, 2.24) is 10.2 Å². The van der Waals surface area contributed by atoms with Crippen molar-refractivity contribution in [3.05, 3.63) is 70.1 Å². The van der Waals surface area contributed by atoms with E-state index in [2.05, 4.69) is 10.2 Å². The van der Waals surface area contributed by atoms with Crippen LogP contribution in [-0.2, 0) is 6.61 Å². The maximum Gasteiger partial charge on any atom is 0.277 e. The number of nitrogens with zero attached hydrogens (tertiary/aromatic N) is 3. The Labute approximate surface area is 163 Å². The molecular weight excluding hydrogens is 386 g/mol. The Hall–Kier alpha value is -3.40. The van der Waals surface area contributed by atoms with Crippen molar-refractivity contribution >= 4 is 23.2 Å². The number of nitro groups is 1. The van der Waals surface area contributed by atoms with Gasteiger partial charge >= 0.3 is 0 Å². The Morgan fingerprint density at radius 3 is 2.64 bits per heavy atom. The summed E-state index contributed by atoms with van der Waals surface area (Å²) in [4.78, 5) is 22.3. The number of Topliss-reactive ketones (excluding diaryl/α,β-unsaturated/α-hetero) is 1. The smallest absolute Gasteiger partial charge is 0.277 e. The molecule has 0 aliphatic rings. The highest BCUT2D eigenvalue weighted by atomic mass is 32.2. The molecular formula is C18H15N3O6S. The highest BCUT2D eigenvalue weighted by Gasteiger charge is 2.13. The van der Waals surface area contributed by atoms with Crippen LogP contribution in [0.3, 0.4) is 0 Å². The van der Waals surface area contributed by atoms with Gasteiger partial charge < -0.3 is 13.9 Å². The van der Waals surface area contributed by atoms with Gasteiger partial charge in [0.2, 0.25) is 0 Å². The van der Waals surface area contributed by atoms with Gasteiger partial charge in [-0.1, -0.05) is 17.8 Å². The summed E-state index contributed by atoms with van der Waals surface area (Å²) in [7, 11) is 1.57. The van der Waals surface area contributed by atoms with E-state index in [0.717, 1.165) is 11.8 Å². The molecule has 1 aromatic heterocycles. The zero-order valence-electron chi connectivity index (χ0n) is 14.7. The third-order valence-corrected chi connectivity index (χ3v) is 4.40. The van der Waals surface area contributed by atoms with Crippen molar-refractivity contribution in [3.63, 3.8) is 0 Å². The first kappa shape index (κ1) is 19.4. The van der Waals surface area contributed by atoms with Crippen LogP contribution >= 0.6 is 11.8 Å². The largest absolute Gasteiger partial charge is 0.497 e. The molecule has 0 fully saturated rings. The molecule has 0 saturated heterocycles. The van der Waals surface area contributed by atoms with E-state index >= 15 is 0 Å². The molecule has 28 heavy (non-hydrogen) atoms. The number of carbonyl (C=O) groups is 1. The quantitative estimate of drug-likeness (QED) is 0.229. The Kier molecular flexibility index (Phi) is 6.22. The number of aromatic nitrogens is 2. The van der Waals surface area contributed by atoms with E-state index in [4.69, 9.17) is 13.9 Å². The average molecular weight is 401 g/mol. The summed E-state index contributed by atoms with van der Waals surface area (Å²) in [6.07, 6.45) is 0. The monoisotopic (exact) mass is 401 g/mol. The van der Waals surface area contributed by atoms with Crippen LogP contribution in [0.1, 0.15) is 16.2 Å². The number of carbonyl (C=O) groups excluding carboxylic acids is 1. The van der Waals surface area contributed by atoms with Crippen LogP contribution in [0.15, 0.2) is 58.2 Å². The molecule has 3 rings (SSSR count). The molecule has 0 spiro atoms. The van der Waals surface area contributed by atoms with Crippen molar-refractivity contribution in [2.24, 2.45) is 0 Å². The Balaban J connectivity index is 1.51. The summed E-state index contributed by atoms with van der Waals surface area (Å²) in [5.41, 5.74) is 0.306. The minimum atomic E-state index is -0.517. The van der Waals surface area contributed by atoms with Gasteiger partial charge in [0.1, 0.15) is 11.5 Å². The third-order valence-electron chi connectivity index (χ3n) is 3.58. The summed E-state index contributed by atoms with van der Waals surface area (Å²) < 4.78 is 16.1. The Morgan fingerprint density at radius 1 is 1.18 bits per heavy atom. The second kappa shape index (κ2) is 9.00. The van der Waals surface area contributed by atoms with Crippen molar-refractivity contribution in [2.45, 2.75) is 11.8 Å². The summed E-state index contributed by atoms with van der Waals surface area (Å²) in [6.45, 7) is 0.0804. The number of rotatable bonds is 9. The molecule has 0 aliphatic carbocycles. The Bertz CT molecular complexity index is 973. The predicted molar refractivity (Wildman–Crippen MR) is 99.8 cm³/mol. The molecule has 1 heterocycles. The topological polar surface area (TPSA) is 118 Å². The highest BCUT2D eigenvalue weighted by Crippen LogP contribution is 2.22. The summed E-state index contributed by atoms with van der Waals surface area (Å²) in [6, 6.07) is 12.5. The van der Waals surface area contributed by atoms with Gasteiger partial charge in [-0.2, -0.15) is 0 Å². The summed E-state index contributed by atoms with van der Waals surface area (Å²) in [5, 5.41) is 18.6. The lowest BCUT2D eigenvalue weighted by Gasteiger charge is -2.05. The van der Waals surface area contributed by atoms with E-state index < -0.39 is 4.92 Å². The summed E-state index contributed by atoms with van der Waals surface area (Å²) >= 11 is 1.08. The van der Waals surface area contributed by atoms with Crippen molar-refractivity contribution < 1.29 is 23.6 Å². The number of ether oxygens (including phenoxy) is 2. The second-order valence-electron chi connectivity index (χ2n) is 5.45. The van der Waals surface area contributed by atoms with E-state index in [0.29, 0.717) is 17.1 Å². The van der Waals surface area contributed by atoms with E-state index in [1.807, 2.05) is 0 Å². The van der Waals surface area contributed by atoms with Crippen LogP contribution in [0.4, 0.5) is 5.69 Å². The van der Waals surface area contributed by atoms with Gasteiger partial charge in [0.15, 0.2) is 12.4 Å². The van der Waals surface area contributed by atoms with Gasteiger partial charge in [0.25, 0.3) is 16.8 Å². The van der Waals surface area contributed by atoms with E-state index in [1.54, 1.807) is 31.4 Å². The van der Waals surface area contributed by atoms with Crippen LogP contribution in [-0.4, -0.2) is 33.8 Å². The lowest BCUT2D eigenvalue weighted by molar-refractivity contribution is -0.384. The number of benzene rings is 2. The number of hydrogen-bond acceptors (Lipinski definition) is 9. The third kappa shape index (κ3) is 5.07. The van der Waals surface area contributed by atoms with Gasteiger partial charge in [-0.3, -0.25) is 14.9 Å². The first-order valence-corrected chi connectivity index (χ1v) is 9.03. The second-order valence-corrected chi connectivity index (χ2v) is 6.37. The zero-order chi connectivity index (χ0) is 19.9. The first-order valence-electron chi connectivity index (χ1n) is 8.05. The van der Waals surface area contributed by atoms with E-state index in [-0.39, 0.29) is 34.9 Å². The number of non-ortho nitro benzene ring substituents is 1. The number of hydrogen-bond donors (Lipinski definition) is 0. The van der Waals surface area contributed by atoms with Crippen LogP contribution in [0, 0.1) is 10.1 Å². The number of methoxy groups -OCH3 is 1. The number of nitro benzene ring substituents is 1. The van der Waals surface area contributed by atoms with Gasteiger partial charge in [0.05, 0.1) is 17.8 Å². The van der Waals surface area contributed by atoms with Gasteiger partial charge in [0, 0.05) is 23.8 Å². The van der Waals surface area contributed by atoms with E-state index in [9.17, 15) is 14.9 Å². The summed E-state index contributed by atoms with van der Waals surface area (Å²) in [5.74, 6) is 1.40.